The number of piperidine rings is 1. The molecule has 3 aromatic rings. The summed E-state index contributed by atoms with van der Waals surface area (Å²) in [5.41, 5.74) is 1.07. The summed E-state index contributed by atoms with van der Waals surface area (Å²) < 4.78 is 22.5. The molecule has 11 nitrogen and oxygen atoms in total. The van der Waals surface area contributed by atoms with Crippen LogP contribution in [-0.4, -0.2) is 63.7 Å². The minimum Gasteiger partial charge on any atom is -0.479 e. The first kappa shape index (κ1) is 28.1. The van der Waals surface area contributed by atoms with Crippen molar-refractivity contribution in [1.82, 2.24) is 15.3 Å². The van der Waals surface area contributed by atoms with Gasteiger partial charge in [0.2, 0.25) is 23.6 Å². The number of aromatic nitrogens is 2. The average Bonchev–Trinajstić information content (AvgIpc) is 3.38. The third-order valence-corrected chi connectivity index (χ3v) is 8.64. The van der Waals surface area contributed by atoms with E-state index >= 15 is 0 Å². The van der Waals surface area contributed by atoms with Crippen molar-refractivity contribution in [3.8, 4) is 23.5 Å². The third kappa shape index (κ3) is 6.23. The molecule has 1 saturated heterocycles. The van der Waals surface area contributed by atoms with Gasteiger partial charge in [0.25, 0.3) is 11.9 Å². The SMILES string of the molecule is CNC1CCN(c2nc(OC)c(NC(=O)c3ccc(Oc4cc([Si](C)(C)C)ccc4C)o3)c(OC)n2)C(=O)C1. The molecule has 0 radical (unpaired) electrons. The number of anilines is 2. The highest BCUT2D eigenvalue weighted by molar-refractivity contribution is 6.88. The van der Waals surface area contributed by atoms with Gasteiger partial charge < -0.3 is 29.3 Å². The first-order chi connectivity index (χ1) is 18.5. The summed E-state index contributed by atoms with van der Waals surface area (Å²) in [6.07, 6.45) is 1.08. The van der Waals surface area contributed by atoms with E-state index in [1.54, 1.807) is 6.07 Å². The molecule has 1 atom stereocenters. The predicted molar refractivity (Wildman–Crippen MR) is 150 cm³/mol. The maximum Gasteiger partial charge on any atom is 0.291 e. The number of nitrogens with one attached hydrogen (secondary N) is 2. The van der Waals surface area contributed by atoms with Gasteiger partial charge in [-0.1, -0.05) is 37.0 Å². The molecule has 1 aromatic carbocycles. The van der Waals surface area contributed by atoms with Gasteiger partial charge in [0.05, 0.1) is 22.3 Å². The molecule has 3 heterocycles. The standard InChI is InChI=1S/C27H35N5O6Si/c1-16-8-9-18(39(5,6)7)15-20(16)38-22-11-10-19(37-22)24(34)29-23-25(35-3)30-27(31-26(23)36-4)32-13-12-17(28-2)14-21(32)33/h8-11,15,17,28H,12-14H2,1-7H3,(H,29,34). The molecule has 2 N–H and O–H groups in total. The summed E-state index contributed by atoms with van der Waals surface area (Å²) in [5.74, 6) is 0.437. The Hall–Kier alpha value is -3.90. The monoisotopic (exact) mass is 553 g/mol. The van der Waals surface area contributed by atoms with Crippen LogP contribution in [-0.2, 0) is 4.79 Å². The molecular weight excluding hydrogens is 518 g/mol. The van der Waals surface area contributed by atoms with Crippen molar-refractivity contribution < 1.29 is 28.2 Å². The quantitative estimate of drug-likeness (QED) is 0.381. The molecule has 1 aliphatic rings. The Morgan fingerprint density at radius 1 is 1.10 bits per heavy atom. The third-order valence-electron chi connectivity index (χ3n) is 6.60. The molecule has 2 amide bonds. The largest absolute Gasteiger partial charge is 0.479 e. The Balaban J connectivity index is 1.54. The lowest BCUT2D eigenvalue weighted by atomic mass is 10.1. The van der Waals surface area contributed by atoms with E-state index < -0.39 is 14.0 Å². The van der Waals surface area contributed by atoms with E-state index in [9.17, 15) is 9.59 Å². The number of rotatable bonds is 9. The summed E-state index contributed by atoms with van der Waals surface area (Å²) in [6, 6.07) is 9.39. The van der Waals surface area contributed by atoms with Crippen molar-refractivity contribution >= 4 is 36.7 Å². The number of hydrogen-bond donors (Lipinski definition) is 2. The molecule has 1 fully saturated rings. The lowest BCUT2D eigenvalue weighted by molar-refractivity contribution is -0.120. The second-order valence-corrected chi connectivity index (χ2v) is 15.4. The average molecular weight is 554 g/mol. The van der Waals surface area contributed by atoms with Gasteiger partial charge in [-0.15, -0.1) is 0 Å². The Kier molecular flexibility index (Phi) is 8.26. The molecular formula is C27H35N5O6Si. The van der Waals surface area contributed by atoms with Crippen molar-refractivity contribution in [2.45, 2.75) is 45.4 Å². The Morgan fingerprint density at radius 3 is 2.38 bits per heavy atom. The maximum absolute atomic E-state index is 13.1. The van der Waals surface area contributed by atoms with Crippen molar-refractivity contribution in [3.05, 3.63) is 41.7 Å². The molecule has 4 rings (SSSR count). The maximum atomic E-state index is 13.1. The number of aryl methyl sites for hydroxylation is 1. The second-order valence-electron chi connectivity index (χ2n) is 10.3. The fourth-order valence-corrected chi connectivity index (χ4v) is 5.33. The van der Waals surface area contributed by atoms with Crippen LogP contribution in [0.1, 0.15) is 29.0 Å². The molecule has 0 bridgehead atoms. The van der Waals surface area contributed by atoms with E-state index in [0.717, 1.165) is 12.0 Å². The van der Waals surface area contributed by atoms with Gasteiger partial charge >= 0.3 is 0 Å². The zero-order valence-electron chi connectivity index (χ0n) is 23.4. The van der Waals surface area contributed by atoms with Crippen LogP contribution >= 0.6 is 0 Å². The van der Waals surface area contributed by atoms with Gasteiger partial charge in [-0.3, -0.25) is 14.5 Å². The number of carbonyl (C=O) groups is 2. The van der Waals surface area contributed by atoms with Crippen LogP contribution in [0.15, 0.2) is 34.7 Å². The number of benzene rings is 1. The number of carbonyl (C=O) groups excluding carboxylic acids is 2. The van der Waals surface area contributed by atoms with E-state index in [1.165, 1.54) is 30.4 Å². The van der Waals surface area contributed by atoms with Crippen LogP contribution in [0.5, 0.6) is 23.5 Å². The molecule has 1 unspecified atom stereocenters. The fraction of sp³-hybridized carbons (Fsp3) is 0.407. The molecule has 1 aliphatic heterocycles. The van der Waals surface area contributed by atoms with Gasteiger partial charge in [-0.05, 0) is 38.1 Å². The molecule has 12 heteroatoms. The van der Waals surface area contributed by atoms with Crippen LogP contribution in [0, 0.1) is 6.92 Å². The van der Waals surface area contributed by atoms with Gasteiger partial charge in [0, 0.05) is 25.1 Å². The summed E-state index contributed by atoms with van der Waals surface area (Å²) in [4.78, 5) is 36.0. The number of ether oxygens (including phenoxy) is 3. The number of hydrogen-bond acceptors (Lipinski definition) is 9. The number of nitrogens with zero attached hydrogens (tertiary/aromatic N) is 3. The molecule has 0 aliphatic carbocycles. The van der Waals surface area contributed by atoms with Gasteiger partial charge in [0.15, 0.2) is 11.4 Å². The zero-order valence-corrected chi connectivity index (χ0v) is 24.4. The van der Waals surface area contributed by atoms with Crippen molar-refractivity contribution in [2.75, 3.05) is 38.0 Å². The Bertz CT molecular complexity index is 1340. The van der Waals surface area contributed by atoms with Crippen molar-refractivity contribution in [2.24, 2.45) is 0 Å². The van der Waals surface area contributed by atoms with Crippen LogP contribution in [0.25, 0.3) is 0 Å². The normalized spacial score (nSPS) is 15.7. The topological polar surface area (TPSA) is 128 Å². The molecule has 2 aromatic heterocycles. The van der Waals surface area contributed by atoms with E-state index in [2.05, 4.69) is 46.3 Å². The summed E-state index contributed by atoms with van der Waals surface area (Å²) in [6.45, 7) is 9.19. The van der Waals surface area contributed by atoms with Crippen molar-refractivity contribution in [3.63, 3.8) is 0 Å². The summed E-state index contributed by atoms with van der Waals surface area (Å²) in [7, 11) is 3.11. The first-order valence-electron chi connectivity index (χ1n) is 12.7. The van der Waals surface area contributed by atoms with E-state index in [4.69, 9.17) is 18.6 Å². The van der Waals surface area contributed by atoms with Crippen LogP contribution < -0.4 is 34.9 Å². The lowest BCUT2D eigenvalue weighted by Gasteiger charge is -2.30. The van der Waals surface area contributed by atoms with E-state index in [1.807, 2.05) is 26.1 Å². The Morgan fingerprint density at radius 2 is 1.79 bits per heavy atom. The molecule has 0 spiro atoms. The number of furan rings is 1. The van der Waals surface area contributed by atoms with Gasteiger partial charge in [-0.2, -0.15) is 9.97 Å². The van der Waals surface area contributed by atoms with Crippen LogP contribution in [0.3, 0.4) is 0 Å². The van der Waals surface area contributed by atoms with E-state index in [-0.39, 0.29) is 47.1 Å². The van der Waals surface area contributed by atoms with E-state index in [0.29, 0.717) is 18.7 Å². The highest BCUT2D eigenvalue weighted by Crippen LogP contribution is 2.35. The zero-order chi connectivity index (χ0) is 28.3. The second kappa shape index (κ2) is 11.5. The highest BCUT2D eigenvalue weighted by Gasteiger charge is 2.30. The lowest BCUT2D eigenvalue weighted by Crippen LogP contribution is -2.45. The molecule has 0 saturated carbocycles. The summed E-state index contributed by atoms with van der Waals surface area (Å²) in [5, 5.41) is 7.08. The fourth-order valence-electron chi connectivity index (χ4n) is 4.18. The first-order valence-corrected chi connectivity index (χ1v) is 16.2. The van der Waals surface area contributed by atoms with Crippen LogP contribution in [0.4, 0.5) is 11.6 Å². The molecule has 39 heavy (non-hydrogen) atoms. The van der Waals surface area contributed by atoms with Gasteiger partial charge in [-0.25, -0.2) is 0 Å². The smallest absolute Gasteiger partial charge is 0.291 e. The minimum absolute atomic E-state index is 0.0153. The number of methoxy groups -OCH3 is 2. The van der Waals surface area contributed by atoms with Crippen molar-refractivity contribution in [1.29, 1.82) is 0 Å². The minimum atomic E-state index is -1.54. The Labute approximate surface area is 228 Å². The van der Waals surface area contributed by atoms with Crippen LogP contribution in [0.2, 0.25) is 19.6 Å². The van der Waals surface area contributed by atoms with Gasteiger partial charge in [0.1, 0.15) is 5.75 Å². The number of amides is 2. The highest BCUT2D eigenvalue weighted by atomic mass is 28.3. The predicted octanol–water partition coefficient (Wildman–Crippen LogP) is 3.70. The molecule has 208 valence electrons. The summed E-state index contributed by atoms with van der Waals surface area (Å²) >= 11 is 0.